The van der Waals surface area contributed by atoms with Crippen LogP contribution < -0.4 is 21.0 Å². The zero-order valence-corrected chi connectivity index (χ0v) is 16.8. The van der Waals surface area contributed by atoms with Crippen molar-refractivity contribution in [3.8, 4) is 5.75 Å². The Hall–Kier alpha value is -3.65. The van der Waals surface area contributed by atoms with Crippen LogP contribution in [-0.4, -0.2) is 59.0 Å². The van der Waals surface area contributed by atoms with Gasteiger partial charge in [-0.2, -0.15) is 0 Å². The van der Waals surface area contributed by atoms with Crippen molar-refractivity contribution in [3.63, 3.8) is 0 Å². The van der Waals surface area contributed by atoms with E-state index in [1.54, 1.807) is 6.07 Å². The van der Waals surface area contributed by atoms with Crippen LogP contribution >= 0.6 is 11.3 Å². The number of nitrogens with one attached hydrogen (secondary N) is 2. The van der Waals surface area contributed by atoms with E-state index >= 15 is 0 Å². The van der Waals surface area contributed by atoms with Crippen LogP contribution in [0.25, 0.3) is 0 Å². The lowest BCUT2D eigenvalue weighted by Gasteiger charge is -2.29. The SMILES string of the molecule is COC(=O)C(=O)NC(C(=O)N[C@H]1Cc2cccc(C(=O)O)c2OB1O)c1csc(N)n1. The summed E-state index contributed by atoms with van der Waals surface area (Å²) in [6.45, 7) is 0. The van der Waals surface area contributed by atoms with Crippen molar-refractivity contribution in [2.45, 2.75) is 18.4 Å². The second kappa shape index (κ2) is 9.01. The molecule has 0 fully saturated rings. The Kier molecular flexibility index (Phi) is 6.41. The number of nitrogen functional groups attached to an aromatic ring is 1. The van der Waals surface area contributed by atoms with E-state index in [2.05, 4.69) is 20.4 Å². The monoisotopic (exact) mass is 448 g/mol. The largest absolute Gasteiger partial charge is 0.547 e. The van der Waals surface area contributed by atoms with Crippen LogP contribution in [0.4, 0.5) is 5.13 Å². The predicted octanol–water partition coefficient (Wildman–Crippen LogP) is -1.11. The minimum Gasteiger partial charge on any atom is -0.534 e. The number of carbonyl (C=O) groups excluding carboxylic acids is 3. The molecule has 2 atom stereocenters. The topological polar surface area (TPSA) is 190 Å². The fraction of sp³-hybridized carbons (Fsp3) is 0.235. The van der Waals surface area contributed by atoms with Crippen molar-refractivity contribution in [3.05, 3.63) is 40.4 Å². The number of anilines is 1. The van der Waals surface area contributed by atoms with Gasteiger partial charge >= 0.3 is 25.0 Å². The van der Waals surface area contributed by atoms with Crippen molar-refractivity contribution in [1.29, 1.82) is 0 Å². The number of rotatable bonds is 5. The number of thiazole rings is 1. The van der Waals surface area contributed by atoms with Gasteiger partial charge in [0.1, 0.15) is 5.75 Å². The summed E-state index contributed by atoms with van der Waals surface area (Å²) >= 11 is 1.02. The normalized spacial score (nSPS) is 15.8. The van der Waals surface area contributed by atoms with Crippen LogP contribution in [0.3, 0.4) is 0 Å². The summed E-state index contributed by atoms with van der Waals surface area (Å²) in [5.74, 6) is -5.37. The van der Waals surface area contributed by atoms with Gasteiger partial charge in [-0.25, -0.2) is 14.6 Å². The van der Waals surface area contributed by atoms with E-state index in [-0.39, 0.29) is 28.6 Å². The molecule has 0 bridgehead atoms. The number of amides is 2. The Morgan fingerprint density at radius 2 is 2.13 bits per heavy atom. The van der Waals surface area contributed by atoms with Crippen LogP contribution in [0.15, 0.2) is 23.6 Å². The van der Waals surface area contributed by atoms with Crippen molar-refractivity contribution in [2.24, 2.45) is 0 Å². The molecule has 12 nitrogen and oxygen atoms in total. The van der Waals surface area contributed by atoms with Crippen molar-refractivity contribution in [2.75, 3.05) is 12.8 Å². The molecule has 0 saturated carbocycles. The lowest BCUT2D eigenvalue weighted by Crippen LogP contribution is -2.55. The van der Waals surface area contributed by atoms with Crippen molar-refractivity contribution < 1.29 is 38.7 Å². The van der Waals surface area contributed by atoms with Gasteiger partial charge in [0.2, 0.25) is 5.91 Å². The summed E-state index contributed by atoms with van der Waals surface area (Å²) in [5, 5.41) is 25.9. The number of fused-ring (bicyclic) bond motifs is 1. The number of aromatic carboxylic acids is 1. The molecule has 1 aromatic heterocycles. The number of esters is 1. The van der Waals surface area contributed by atoms with Gasteiger partial charge in [0, 0.05) is 5.38 Å². The molecule has 2 aromatic rings. The number of nitrogens with zero attached hydrogens (tertiary/aromatic N) is 1. The van der Waals surface area contributed by atoms with Crippen LogP contribution in [-0.2, 0) is 25.5 Å². The number of hydrogen-bond donors (Lipinski definition) is 5. The zero-order chi connectivity index (χ0) is 22.7. The average Bonchev–Trinajstić information content (AvgIpc) is 3.16. The molecule has 3 rings (SSSR count). The Labute approximate surface area is 179 Å². The number of carboxylic acids is 1. The molecule has 1 aromatic carbocycles. The molecule has 0 spiro atoms. The number of nitrogens with two attached hydrogens (primary N) is 1. The number of benzene rings is 1. The van der Waals surface area contributed by atoms with Crippen LogP contribution in [0.1, 0.15) is 27.7 Å². The Bertz CT molecular complexity index is 1040. The number of methoxy groups -OCH3 is 1. The average molecular weight is 448 g/mol. The summed E-state index contributed by atoms with van der Waals surface area (Å²) in [6.07, 6.45) is 0.0558. The maximum Gasteiger partial charge on any atom is 0.547 e. The molecule has 31 heavy (non-hydrogen) atoms. The van der Waals surface area contributed by atoms with Crippen molar-refractivity contribution in [1.82, 2.24) is 15.6 Å². The lowest BCUT2D eigenvalue weighted by molar-refractivity contribution is -0.153. The maximum absolute atomic E-state index is 12.9. The minimum atomic E-state index is -1.56. The highest BCUT2D eigenvalue weighted by molar-refractivity contribution is 7.13. The quantitative estimate of drug-likeness (QED) is 0.213. The van der Waals surface area contributed by atoms with Crippen LogP contribution in [0.5, 0.6) is 5.75 Å². The van der Waals surface area contributed by atoms with E-state index in [9.17, 15) is 29.3 Å². The number of para-hydroxylation sites is 1. The first kappa shape index (κ1) is 22.0. The first-order valence-corrected chi connectivity index (χ1v) is 9.69. The first-order valence-electron chi connectivity index (χ1n) is 8.81. The Balaban J connectivity index is 1.81. The van der Waals surface area contributed by atoms with Crippen LogP contribution in [0, 0.1) is 0 Å². The molecule has 2 heterocycles. The molecule has 6 N–H and O–H groups in total. The van der Waals surface area contributed by atoms with E-state index in [1.165, 1.54) is 17.5 Å². The van der Waals surface area contributed by atoms with E-state index in [4.69, 9.17) is 10.4 Å². The van der Waals surface area contributed by atoms with Crippen LogP contribution in [0.2, 0.25) is 0 Å². The van der Waals surface area contributed by atoms with E-state index in [0.717, 1.165) is 18.4 Å². The van der Waals surface area contributed by atoms with Gasteiger partial charge in [0.25, 0.3) is 0 Å². The summed E-state index contributed by atoms with van der Waals surface area (Å²) in [5.41, 5.74) is 6.01. The molecule has 1 unspecified atom stereocenters. The Morgan fingerprint density at radius 1 is 1.39 bits per heavy atom. The summed E-state index contributed by atoms with van der Waals surface area (Å²) in [6, 6.07) is 3.04. The smallest absolute Gasteiger partial charge is 0.534 e. The Morgan fingerprint density at radius 3 is 2.74 bits per heavy atom. The van der Waals surface area contributed by atoms with Gasteiger partial charge in [0.05, 0.1) is 24.3 Å². The fourth-order valence-electron chi connectivity index (χ4n) is 2.97. The van der Waals surface area contributed by atoms with Gasteiger partial charge in [-0.05, 0) is 18.1 Å². The molecule has 0 radical (unpaired) electrons. The van der Waals surface area contributed by atoms with Gasteiger partial charge in [-0.1, -0.05) is 12.1 Å². The highest BCUT2D eigenvalue weighted by Gasteiger charge is 2.39. The van der Waals surface area contributed by atoms with E-state index < -0.39 is 42.9 Å². The summed E-state index contributed by atoms with van der Waals surface area (Å²) < 4.78 is 9.67. The number of aromatic nitrogens is 1. The molecule has 0 aliphatic carbocycles. The fourth-order valence-corrected chi connectivity index (χ4v) is 3.56. The second-order valence-corrected chi connectivity index (χ2v) is 7.32. The number of hydrogen-bond acceptors (Lipinski definition) is 10. The standard InChI is InChI=1S/C17H17BN4O8S/c1-29-16(27)14(24)22-11(9-6-31-17(19)20-9)13(23)21-10-5-7-3-2-4-8(15(25)26)12(7)30-18(10)28/h2-4,6,10-11,28H,5H2,1H3,(H2,19,20)(H,21,23)(H,22,24)(H,25,26)/t10-,11?/m0/s1. The number of ether oxygens (including phenoxy) is 1. The third kappa shape index (κ3) is 4.75. The lowest BCUT2D eigenvalue weighted by atomic mass is 9.72. The molecule has 162 valence electrons. The second-order valence-electron chi connectivity index (χ2n) is 6.44. The van der Waals surface area contributed by atoms with Gasteiger partial charge < -0.3 is 35.9 Å². The van der Waals surface area contributed by atoms with Crippen molar-refractivity contribution >= 4 is 47.3 Å². The molecule has 2 amide bonds. The molecule has 1 aliphatic rings. The van der Waals surface area contributed by atoms with Gasteiger partial charge in [-0.3, -0.25) is 9.59 Å². The highest BCUT2D eigenvalue weighted by Crippen LogP contribution is 2.30. The predicted molar refractivity (Wildman–Crippen MR) is 107 cm³/mol. The highest BCUT2D eigenvalue weighted by atomic mass is 32.1. The van der Waals surface area contributed by atoms with Gasteiger partial charge in [-0.15, -0.1) is 11.3 Å². The summed E-state index contributed by atoms with van der Waals surface area (Å²) in [7, 11) is -0.550. The summed E-state index contributed by atoms with van der Waals surface area (Å²) in [4.78, 5) is 51.6. The number of carboxylic acid groups (broad SMARTS) is 1. The van der Waals surface area contributed by atoms with E-state index in [0.29, 0.717) is 5.56 Å². The zero-order valence-electron chi connectivity index (χ0n) is 16.0. The van der Waals surface area contributed by atoms with E-state index in [1.807, 2.05) is 0 Å². The molecular weight excluding hydrogens is 431 g/mol. The number of carbonyl (C=O) groups is 4. The third-order valence-corrected chi connectivity index (χ3v) is 5.11. The minimum absolute atomic E-state index is 0.0100. The molecular formula is C17H17BN4O8S. The first-order chi connectivity index (χ1) is 14.7. The third-order valence-electron chi connectivity index (χ3n) is 4.42. The molecule has 14 heteroatoms. The molecule has 0 saturated heterocycles. The maximum atomic E-state index is 12.9. The van der Waals surface area contributed by atoms with Gasteiger partial charge in [0.15, 0.2) is 11.2 Å². The molecule has 1 aliphatic heterocycles.